The molecule has 0 aromatic carbocycles. The molecular formula is C13H24N2O2. The largest absolute Gasteiger partial charge is 0.480 e. The number of piperidine rings is 1. The third kappa shape index (κ3) is 3.68. The average molecular weight is 240 g/mol. The number of aliphatic carboxylic acids is 1. The zero-order valence-electron chi connectivity index (χ0n) is 10.9. The second-order valence-electron chi connectivity index (χ2n) is 5.83. The van der Waals surface area contributed by atoms with Crippen LogP contribution in [0, 0.1) is 11.8 Å². The number of carboxylic acid groups (broad SMARTS) is 1. The van der Waals surface area contributed by atoms with Crippen molar-refractivity contribution in [1.29, 1.82) is 0 Å². The van der Waals surface area contributed by atoms with Crippen LogP contribution in [0.1, 0.15) is 33.1 Å². The molecule has 98 valence electrons. The van der Waals surface area contributed by atoms with E-state index >= 15 is 0 Å². The highest BCUT2D eigenvalue weighted by Crippen LogP contribution is 2.23. The fourth-order valence-corrected chi connectivity index (χ4v) is 2.51. The van der Waals surface area contributed by atoms with Crippen molar-refractivity contribution in [3.05, 3.63) is 0 Å². The standard InChI is InChI=1S/C13H24N2O2/c1-9-5-6-15(7-10(9)2)8-12(13(16)17)14-11-3-4-11/h9-12,14H,3-8H2,1-2H3,(H,16,17). The van der Waals surface area contributed by atoms with E-state index in [1.54, 1.807) is 0 Å². The molecule has 1 aliphatic heterocycles. The molecule has 0 amide bonds. The molecule has 3 atom stereocenters. The van der Waals surface area contributed by atoms with Crippen molar-refractivity contribution in [3.8, 4) is 0 Å². The van der Waals surface area contributed by atoms with Gasteiger partial charge in [0.1, 0.15) is 6.04 Å². The van der Waals surface area contributed by atoms with Crippen LogP contribution in [0.25, 0.3) is 0 Å². The van der Waals surface area contributed by atoms with Gasteiger partial charge in [-0.15, -0.1) is 0 Å². The van der Waals surface area contributed by atoms with Gasteiger partial charge in [-0.3, -0.25) is 4.79 Å². The zero-order valence-corrected chi connectivity index (χ0v) is 10.9. The molecule has 0 bridgehead atoms. The van der Waals surface area contributed by atoms with Gasteiger partial charge in [-0.2, -0.15) is 0 Å². The first-order valence-corrected chi connectivity index (χ1v) is 6.77. The minimum Gasteiger partial charge on any atom is -0.480 e. The number of likely N-dealkylation sites (tertiary alicyclic amines) is 1. The van der Waals surface area contributed by atoms with Crippen molar-refractivity contribution in [2.45, 2.75) is 45.2 Å². The molecule has 1 saturated carbocycles. The molecule has 1 heterocycles. The second kappa shape index (κ2) is 5.36. The SMILES string of the molecule is CC1CCN(CC(NC2CC2)C(=O)O)CC1C. The van der Waals surface area contributed by atoms with Gasteiger partial charge in [-0.25, -0.2) is 0 Å². The van der Waals surface area contributed by atoms with E-state index in [0.717, 1.165) is 31.8 Å². The van der Waals surface area contributed by atoms with E-state index in [9.17, 15) is 9.90 Å². The van der Waals surface area contributed by atoms with Crippen LogP contribution in [0.2, 0.25) is 0 Å². The number of rotatable bonds is 5. The predicted molar refractivity (Wildman–Crippen MR) is 67.0 cm³/mol. The topological polar surface area (TPSA) is 52.6 Å². The number of nitrogens with zero attached hydrogens (tertiary/aromatic N) is 1. The summed E-state index contributed by atoms with van der Waals surface area (Å²) in [6, 6.07) is 0.0698. The summed E-state index contributed by atoms with van der Waals surface area (Å²) in [5, 5.41) is 12.4. The summed E-state index contributed by atoms with van der Waals surface area (Å²) < 4.78 is 0. The lowest BCUT2D eigenvalue weighted by Crippen LogP contribution is -2.50. The van der Waals surface area contributed by atoms with E-state index in [2.05, 4.69) is 24.1 Å². The van der Waals surface area contributed by atoms with Crippen molar-refractivity contribution in [2.75, 3.05) is 19.6 Å². The van der Waals surface area contributed by atoms with Crippen LogP contribution in [-0.2, 0) is 4.79 Å². The van der Waals surface area contributed by atoms with Gasteiger partial charge in [0, 0.05) is 19.1 Å². The van der Waals surface area contributed by atoms with E-state index in [4.69, 9.17) is 0 Å². The highest BCUT2D eigenvalue weighted by atomic mass is 16.4. The molecule has 4 nitrogen and oxygen atoms in total. The van der Waals surface area contributed by atoms with Crippen LogP contribution >= 0.6 is 0 Å². The van der Waals surface area contributed by atoms with Gasteiger partial charge >= 0.3 is 5.97 Å². The van der Waals surface area contributed by atoms with E-state index in [-0.39, 0.29) is 6.04 Å². The minimum atomic E-state index is -0.705. The minimum absolute atomic E-state index is 0.386. The van der Waals surface area contributed by atoms with Gasteiger partial charge in [0.2, 0.25) is 0 Å². The van der Waals surface area contributed by atoms with Crippen molar-refractivity contribution < 1.29 is 9.90 Å². The molecule has 2 N–H and O–H groups in total. The summed E-state index contributed by atoms with van der Waals surface area (Å²) in [4.78, 5) is 13.5. The summed E-state index contributed by atoms with van der Waals surface area (Å²) in [7, 11) is 0. The fourth-order valence-electron chi connectivity index (χ4n) is 2.51. The molecule has 2 aliphatic rings. The van der Waals surface area contributed by atoms with E-state index in [0.29, 0.717) is 18.5 Å². The molecule has 4 heteroatoms. The number of carboxylic acids is 1. The van der Waals surface area contributed by atoms with Crippen LogP contribution < -0.4 is 5.32 Å². The maximum absolute atomic E-state index is 11.2. The molecule has 2 rings (SSSR count). The number of nitrogens with one attached hydrogen (secondary N) is 1. The average Bonchev–Trinajstić information content (AvgIpc) is 3.06. The van der Waals surface area contributed by atoms with Gasteiger partial charge < -0.3 is 15.3 Å². The van der Waals surface area contributed by atoms with E-state index in [1.165, 1.54) is 6.42 Å². The Labute approximate surface area is 103 Å². The van der Waals surface area contributed by atoms with Crippen molar-refractivity contribution >= 4 is 5.97 Å². The molecule has 1 saturated heterocycles. The number of hydrogen-bond donors (Lipinski definition) is 2. The van der Waals surface area contributed by atoms with Crippen molar-refractivity contribution in [3.63, 3.8) is 0 Å². The molecule has 17 heavy (non-hydrogen) atoms. The lowest BCUT2D eigenvalue weighted by molar-refractivity contribution is -0.140. The monoisotopic (exact) mass is 240 g/mol. The summed E-state index contributed by atoms with van der Waals surface area (Å²) >= 11 is 0. The van der Waals surface area contributed by atoms with Gasteiger partial charge in [0.15, 0.2) is 0 Å². The van der Waals surface area contributed by atoms with Gasteiger partial charge in [-0.05, 0) is 37.6 Å². The quantitative estimate of drug-likeness (QED) is 0.757. The van der Waals surface area contributed by atoms with Crippen molar-refractivity contribution in [2.24, 2.45) is 11.8 Å². The molecular weight excluding hydrogens is 216 g/mol. The van der Waals surface area contributed by atoms with Crippen LogP contribution in [0.5, 0.6) is 0 Å². The highest BCUT2D eigenvalue weighted by Gasteiger charge is 2.31. The van der Waals surface area contributed by atoms with Crippen LogP contribution in [-0.4, -0.2) is 47.7 Å². The lowest BCUT2D eigenvalue weighted by atomic mass is 9.88. The summed E-state index contributed by atoms with van der Waals surface area (Å²) in [6.07, 6.45) is 3.46. The summed E-state index contributed by atoms with van der Waals surface area (Å²) in [6.45, 7) is 7.29. The third-order valence-corrected chi connectivity index (χ3v) is 4.17. The van der Waals surface area contributed by atoms with Crippen LogP contribution in [0.3, 0.4) is 0 Å². The normalized spacial score (nSPS) is 32.4. The molecule has 0 radical (unpaired) electrons. The van der Waals surface area contributed by atoms with E-state index < -0.39 is 5.97 Å². The fraction of sp³-hybridized carbons (Fsp3) is 0.923. The molecule has 3 unspecified atom stereocenters. The summed E-state index contributed by atoms with van der Waals surface area (Å²) in [5.41, 5.74) is 0. The lowest BCUT2D eigenvalue weighted by Gasteiger charge is -2.36. The molecule has 1 aliphatic carbocycles. The van der Waals surface area contributed by atoms with Gasteiger partial charge in [0.25, 0.3) is 0 Å². The Kier molecular flexibility index (Phi) is 4.05. The number of hydrogen-bond acceptors (Lipinski definition) is 3. The van der Waals surface area contributed by atoms with Gasteiger partial charge in [0.05, 0.1) is 0 Å². The molecule has 0 aromatic rings. The Balaban J connectivity index is 1.82. The van der Waals surface area contributed by atoms with Crippen molar-refractivity contribution in [1.82, 2.24) is 10.2 Å². The summed E-state index contributed by atoms with van der Waals surface area (Å²) in [5.74, 6) is 0.744. The predicted octanol–water partition coefficient (Wildman–Crippen LogP) is 1.17. The van der Waals surface area contributed by atoms with Crippen LogP contribution in [0.15, 0.2) is 0 Å². The molecule has 0 aromatic heterocycles. The smallest absolute Gasteiger partial charge is 0.322 e. The first-order chi connectivity index (χ1) is 8.06. The maximum atomic E-state index is 11.2. The van der Waals surface area contributed by atoms with E-state index in [1.807, 2.05) is 0 Å². The Morgan fingerprint density at radius 1 is 1.35 bits per heavy atom. The second-order valence-corrected chi connectivity index (χ2v) is 5.83. The Hall–Kier alpha value is -0.610. The Morgan fingerprint density at radius 3 is 2.59 bits per heavy atom. The molecule has 0 spiro atoms. The Bertz CT molecular complexity index is 279. The Morgan fingerprint density at radius 2 is 2.06 bits per heavy atom. The van der Waals surface area contributed by atoms with Crippen LogP contribution in [0.4, 0.5) is 0 Å². The first kappa shape index (κ1) is 12.8. The zero-order chi connectivity index (χ0) is 12.4. The highest BCUT2D eigenvalue weighted by molar-refractivity contribution is 5.73. The number of carbonyl (C=O) groups is 1. The molecule has 2 fully saturated rings. The first-order valence-electron chi connectivity index (χ1n) is 6.77. The maximum Gasteiger partial charge on any atom is 0.322 e. The van der Waals surface area contributed by atoms with Gasteiger partial charge in [-0.1, -0.05) is 13.8 Å². The third-order valence-electron chi connectivity index (χ3n) is 4.17.